The van der Waals surface area contributed by atoms with Gasteiger partial charge < -0.3 is 9.64 Å². The molecule has 1 rings (SSSR count). The maximum absolute atomic E-state index is 8.37. The Morgan fingerprint density at radius 2 is 2.36 bits per heavy atom. The number of methoxy groups -OCH3 is 1. The minimum Gasteiger partial charge on any atom is -0.383 e. The fourth-order valence-electron chi connectivity index (χ4n) is 1.34. The maximum atomic E-state index is 8.37. The molecule has 0 aromatic carbocycles. The van der Waals surface area contributed by atoms with E-state index in [0.29, 0.717) is 12.3 Å². The average molecular weight is 154 g/mol. The van der Waals surface area contributed by atoms with Gasteiger partial charge in [0.2, 0.25) is 0 Å². The SMILES string of the molecule is COCCN1CC(CC#N)C1. The van der Waals surface area contributed by atoms with Gasteiger partial charge in [-0.25, -0.2) is 0 Å². The number of hydrogen-bond acceptors (Lipinski definition) is 3. The molecule has 0 atom stereocenters. The lowest BCUT2D eigenvalue weighted by molar-refractivity contribution is 0.0668. The molecule has 0 N–H and O–H groups in total. The Balaban J connectivity index is 1.97. The van der Waals surface area contributed by atoms with Crippen LogP contribution in [0, 0.1) is 17.2 Å². The van der Waals surface area contributed by atoms with Gasteiger partial charge in [0, 0.05) is 33.2 Å². The molecule has 0 saturated carbocycles. The predicted octanol–water partition coefficient (Wildman–Crippen LogP) is 0.478. The van der Waals surface area contributed by atoms with Crippen molar-refractivity contribution in [1.82, 2.24) is 4.90 Å². The van der Waals surface area contributed by atoms with Crippen molar-refractivity contribution in [2.75, 3.05) is 33.4 Å². The minimum absolute atomic E-state index is 0.622. The molecule has 1 heterocycles. The molecule has 0 radical (unpaired) electrons. The van der Waals surface area contributed by atoms with Crippen LogP contribution in [0.25, 0.3) is 0 Å². The summed E-state index contributed by atoms with van der Waals surface area (Å²) in [6.07, 6.45) is 0.712. The van der Waals surface area contributed by atoms with Crippen molar-refractivity contribution in [3.8, 4) is 6.07 Å². The van der Waals surface area contributed by atoms with Gasteiger partial charge >= 0.3 is 0 Å². The van der Waals surface area contributed by atoms with Crippen molar-refractivity contribution in [2.24, 2.45) is 5.92 Å². The van der Waals surface area contributed by atoms with E-state index in [1.54, 1.807) is 7.11 Å². The number of likely N-dealkylation sites (tertiary alicyclic amines) is 1. The first-order chi connectivity index (χ1) is 5.36. The Morgan fingerprint density at radius 3 is 2.91 bits per heavy atom. The van der Waals surface area contributed by atoms with Gasteiger partial charge in [0.25, 0.3) is 0 Å². The van der Waals surface area contributed by atoms with E-state index >= 15 is 0 Å². The third kappa shape index (κ3) is 2.49. The first-order valence-corrected chi connectivity index (χ1v) is 3.95. The molecule has 3 heteroatoms. The Kier molecular flexibility index (Phi) is 3.34. The number of ether oxygens (including phenoxy) is 1. The van der Waals surface area contributed by atoms with Crippen LogP contribution < -0.4 is 0 Å². The number of nitrogens with zero attached hydrogens (tertiary/aromatic N) is 2. The lowest BCUT2D eigenvalue weighted by atomic mass is 9.97. The van der Waals surface area contributed by atoms with E-state index in [9.17, 15) is 0 Å². The number of hydrogen-bond donors (Lipinski definition) is 0. The normalized spacial score (nSPS) is 19.3. The average Bonchev–Trinajstić information content (AvgIpc) is 1.94. The highest BCUT2D eigenvalue weighted by molar-refractivity contribution is 4.86. The van der Waals surface area contributed by atoms with Crippen molar-refractivity contribution < 1.29 is 4.74 Å². The molecule has 0 spiro atoms. The number of nitriles is 1. The molecular weight excluding hydrogens is 140 g/mol. The second kappa shape index (κ2) is 4.32. The molecule has 1 aliphatic rings. The third-order valence-electron chi connectivity index (χ3n) is 2.02. The highest BCUT2D eigenvalue weighted by Gasteiger charge is 2.25. The summed E-state index contributed by atoms with van der Waals surface area (Å²) < 4.78 is 4.94. The van der Waals surface area contributed by atoms with Crippen LogP contribution in [0.1, 0.15) is 6.42 Å². The van der Waals surface area contributed by atoms with Gasteiger partial charge in [-0.05, 0) is 5.92 Å². The summed E-state index contributed by atoms with van der Waals surface area (Å²) in [7, 11) is 1.71. The molecule has 1 aliphatic heterocycles. The summed E-state index contributed by atoms with van der Waals surface area (Å²) >= 11 is 0. The Morgan fingerprint density at radius 1 is 1.64 bits per heavy atom. The Hall–Kier alpha value is -0.590. The fraction of sp³-hybridized carbons (Fsp3) is 0.875. The van der Waals surface area contributed by atoms with Crippen LogP contribution in [-0.4, -0.2) is 38.3 Å². The largest absolute Gasteiger partial charge is 0.383 e. The summed E-state index contributed by atoms with van der Waals surface area (Å²) in [5, 5.41) is 8.37. The first-order valence-electron chi connectivity index (χ1n) is 3.95. The van der Waals surface area contributed by atoms with Crippen LogP contribution in [0.3, 0.4) is 0 Å². The van der Waals surface area contributed by atoms with E-state index in [2.05, 4.69) is 11.0 Å². The van der Waals surface area contributed by atoms with Crippen LogP contribution in [0.4, 0.5) is 0 Å². The van der Waals surface area contributed by atoms with Crippen molar-refractivity contribution in [3.05, 3.63) is 0 Å². The molecule has 0 bridgehead atoms. The molecule has 1 saturated heterocycles. The minimum atomic E-state index is 0.622. The molecular formula is C8H14N2O. The lowest BCUT2D eigenvalue weighted by Crippen LogP contribution is -2.47. The van der Waals surface area contributed by atoms with E-state index in [1.165, 1.54) is 0 Å². The van der Waals surface area contributed by atoms with Gasteiger partial charge in [0.15, 0.2) is 0 Å². The molecule has 0 aliphatic carbocycles. The van der Waals surface area contributed by atoms with Gasteiger partial charge in [-0.3, -0.25) is 0 Å². The van der Waals surface area contributed by atoms with E-state index < -0.39 is 0 Å². The molecule has 3 nitrogen and oxygen atoms in total. The third-order valence-corrected chi connectivity index (χ3v) is 2.02. The van der Waals surface area contributed by atoms with Gasteiger partial charge in [0.05, 0.1) is 12.7 Å². The van der Waals surface area contributed by atoms with Crippen LogP contribution in [0.5, 0.6) is 0 Å². The van der Waals surface area contributed by atoms with E-state index in [4.69, 9.17) is 10.00 Å². The molecule has 0 aromatic rings. The molecule has 62 valence electrons. The molecule has 0 amide bonds. The molecule has 0 aromatic heterocycles. The van der Waals surface area contributed by atoms with Gasteiger partial charge in [-0.15, -0.1) is 0 Å². The van der Waals surface area contributed by atoms with Crippen molar-refractivity contribution in [3.63, 3.8) is 0 Å². The predicted molar refractivity (Wildman–Crippen MR) is 42.0 cm³/mol. The van der Waals surface area contributed by atoms with Crippen LogP contribution >= 0.6 is 0 Å². The summed E-state index contributed by atoms with van der Waals surface area (Å²) in [5.74, 6) is 0.622. The van der Waals surface area contributed by atoms with E-state index in [0.717, 1.165) is 26.2 Å². The van der Waals surface area contributed by atoms with E-state index in [1.807, 2.05) is 0 Å². The zero-order chi connectivity index (χ0) is 8.10. The first kappa shape index (κ1) is 8.51. The monoisotopic (exact) mass is 154 g/mol. The Bertz CT molecular complexity index is 147. The van der Waals surface area contributed by atoms with Gasteiger partial charge in [0.1, 0.15) is 0 Å². The van der Waals surface area contributed by atoms with Crippen LogP contribution in [-0.2, 0) is 4.74 Å². The van der Waals surface area contributed by atoms with Crippen molar-refractivity contribution in [1.29, 1.82) is 5.26 Å². The highest BCUT2D eigenvalue weighted by Crippen LogP contribution is 2.17. The molecule has 0 unspecified atom stereocenters. The zero-order valence-electron chi connectivity index (χ0n) is 6.92. The lowest BCUT2D eigenvalue weighted by Gasteiger charge is -2.37. The van der Waals surface area contributed by atoms with Crippen molar-refractivity contribution in [2.45, 2.75) is 6.42 Å². The summed E-state index contributed by atoms with van der Waals surface area (Å²) in [5.41, 5.74) is 0. The van der Waals surface area contributed by atoms with Crippen molar-refractivity contribution >= 4 is 0 Å². The molecule has 1 fully saturated rings. The summed E-state index contributed by atoms with van der Waals surface area (Å²) in [6, 6.07) is 2.19. The topological polar surface area (TPSA) is 36.3 Å². The summed E-state index contributed by atoms with van der Waals surface area (Å²) in [6.45, 7) is 3.98. The van der Waals surface area contributed by atoms with Gasteiger partial charge in [-0.1, -0.05) is 0 Å². The molecule has 11 heavy (non-hydrogen) atoms. The van der Waals surface area contributed by atoms with E-state index in [-0.39, 0.29) is 0 Å². The second-order valence-electron chi connectivity index (χ2n) is 2.98. The zero-order valence-corrected chi connectivity index (χ0v) is 6.92. The highest BCUT2D eigenvalue weighted by atomic mass is 16.5. The van der Waals surface area contributed by atoms with Crippen LogP contribution in [0.2, 0.25) is 0 Å². The smallest absolute Gasteiger partial charge is 0.0625 e. The fourth-order valence-corrected chi connectivity index (χ4v) is 1.34. The number of rotatable bonds is 4. The standard InChI is InChI=1S/C8H14N2O/c1-11-5-4-10-6-8(7-10)2-3-9/h8H,2,4-7H2,1H3. The quantitative estimate of drug-likeness (QED) is 0.591. The second-order valence-corrected chi connectivity index (χ2v) is 2.98. The van der Waals surface area contributed by atoms with Gasteiger partial charge in [-0.2, -0.15) is 5.26 Å². The van der Waals surface area contributed by atoms with Crippen LogP contribution in [0.15, 0.2) is 0 Å². The maximum Gasteiger partial charge on any atom is 0.0625 e. The summed E-state index contributed by atoms with van der Waals surface area (Å²) in [4.78, 5) is 2.31. The Labute approximate surface area is 67.6 Å².